The minimum atomic E-state index is -0.311. The zero-order valence-corrected chi connectivity index (χ0v) is 10.6. The van der Waals surface area contributed by atoms with E-state index in [0.29, 0.717) is 12.0 Å². The number of ether oxygens (including phenoxy) is 2. The first kappa shape index (κ1) is 12.3. The van der Waals surface area contributed by atoms with Crippen LogP contribution in [0.25, 0.3) is 0 Å². The fourth-order valence-electron chi connectivity index (χ4n) is 3.00. The zero-order chi connectivity index (χ0) is 11.4. The number of rotatable bonds is 4. The molecule has 0 spiro atoms. The van der Waals surface area contributed by atoms with Crippen molar-refractivity contribution < 1.29 is 9.47 Å². The molecular weight excluding hydrogens is 202 g/mol. The van der Waals surface area contributed by atoms with E-state index >= 15 is 0 Å². The molecule has 0 unspecified atom stereocenters. The van der Waals surface area contributed by atoms with E-state index < -0.39 is 0 Å². The first-order valence-corrected chi connectivity index (χ1v) is 6.69. The van der Waals surface area contributed by atoms with Crippen LogP contribution in [-0.4, -0.2) is 31.6 Å². The van der Waals surface area contributed by atoms with Crippen molar-refractivity contribution in [1.29, 1.82) is 0 Å². The lowest BCUT2D eigenvalue weighted by Crippen LogP contribution is -2.37. The molecule has 0 aromatic heterocycles. The molecule has 2 atom stereocenters. The molecule has 0 radical (unpaired) electrons. The first-order valence-electron chi connectivity index (χ1n) is 6.69. The van der Waals surface area contributed by atoms with Crippen molar-refractivity contribution in [2.45, 2.75) is 57.8 Å². The fourth-order valence-corrected chi connectivity index (χ4v) is 3.00. The number of piperidine rings is 1. The largest absolute Gasteiger partial charge is 0.348 e. The van der Waals surface area contributed by atoms with Crippen LogP contribution in [0, 0.1) is 5.92 Å². The van der Waals surface area contributed by atoms with Crippen LogP contribution < -0.4 is 5.32 Å². The van der Waals surface area contributed by atoms with Crippen molar-refractivity contribution in [2.75, 3.05) is 19.8 Å². The molecule has 3 heteroatoms. The van der Waals surface area contributed by atoms with Gasteiger partial charge in [-0.2, -0.15) is 0 Å². The van der Waals surface area contributed by atoms with Crippen molar-refractivity contribution in [3.8, 4) is 0 Å². The Morgan fingerprint density at radius 3 is 2.69 bits per heavy atom. The minimum absolute atomic E-state index is 0.311. The Bertz CT molecular complexity index is 208. The molecule has 0 amide bonds. The van der Waals surface area contributed by atoms with Crippen LogP contribution in [-0.2, 0) is 9.47 Å². The normalized spacial score (nSPS) is 31.5. The molecular formula is C13H25NO2. The van der Waals surface area contributed by atoms with Gasteiger partial charge in [0.1, 0.15) is 0 Å². The molecule has 94 valence electrons. The highest BCUT2D eigenvalue weighted by atomic mass is 16.7. The molecule has 2 fully saturated rings. The quantitative estimate of drug-likeness (QED) is 0.799. The Balaban J connectivity index is 1.72. The lowest BCUT2D eigenvalue weighted by atomic mass is 9.91. The molecule has 16 heavy (non-hydrogen) atoms. The van der Waals surface area contributed by atoms with Crippen molar-refractivity contribution in [3.05, 3.63) is 0 Å². The summed E-state index contributed by atoms with van der Waals surface area (Å²) in [5.41, 5.74) is 0. The van der Waals surface area contributed by atoms with Gasteiger partial charge in [-0.1, -0.05) is 13.3 Å². The Morgan fingerprint density at radius 2 is 2.06 bits per heavy atom. The lowest BCUT2D eigenvalue weighted by Gasteiger charge is -2.30. The van der Waals surface area contributed by atoms with E-state index in [1.165, 1.54) is 32.2 Å². The Kier molecular flexibility index (Phi) is 4.22. The van der Waals surface area contributed by atoms with Gasteiger partial charge in [0.05, 0.1) is 13.2 Å². The van der Waals surface area contributed by atoms with E-state index in [1.807, 2.05) is 0 Å². The average molecular weight is 227 g/mol. The maximum absolute atomic E-state index is 5.66. The summed E-state index contributed by atoms with van der Waals surface area (Å²) >= 11 is 0. The van der Waals surface area contributed by atoms with Crippen LogP contribution in [0.3, 0.4) is 0 Å². The molecule has 2 rings (SSSR count). The summed E-state index contributed by atoms with van der Waals surface area (Å²) in [7, 11) is 0. The van der Waals surface area contributed by atoms with E-state index in [4.69, 9.17) is 9.47 Å². The van der Waals surface area contributed by atoms with Crippen molar-refractivity contribution in [2.24, 2.45) is 5.92 Å². The second-order valence-electron chi connectivity index (χ2n) is 5.52. The summed E-state index contributed by atoms with van der Waals surface area (Å²) in [6, 6.07) is 0.716. The molecule has 0 bridgehead atoms. The number of hydrogen-bond acceptors (Lipinski definition) is 3. The molecule has 0 aliphatic carbocycles. The third-order valence-corrected chi connectivity index (χ3v) is 3.72. The van der Waals surface area contributed by atoms with Crippen LogP contribution in [0.2, 0.25) is 0 Å². The summed E-state index contributed by atoms with van der Waals surface area (Å²) in [4.78, 5) is 0. The summed E-state index contributed by atoms with van der Waals surface area (Å²) in [6.07, 6.45) is 6.33. The van der Waals surface area contributed by atoms with Gasteiger partial charge in [-0.3, -0.25) is 0 Å². The van der Waals surface area contributed by atoms with Crippen LogP contribution in [0.5, 0.6) is 0 Å². The van der Waals surface area contributed by atoms with Gasteiger partial charge in [0, 0.05) is 12.5 Å². The molecule has 3 nitrogen and oxygen atoms in total. The maximum Gasteiger partial charge on any atom is 0.165 e. The summed E-state index contributed by atoms with van der Waals surface area (Å²) in [5, 5.41) is 3.61. The third kappa shape index (κ3) is 3.44. The summed E-state index contributed by atoms with van der Waals surface area (Å²) < 4.78 is 11.3. The predicted molar refractivity (Wildman–Crippen MR) is 64.3 cm³/mol. The molecule has 0 aromatic carbocycles. The zero-order valence-electron chi connectivity index (χ0n) is 10.6. The molecule has 1 N–H and O–H groups in total. The highest BCUT2D eigenvalue weighted by Gasteiger charge is 2.33. The van der Waals surface area contributed by atoms with Crippen molar-refractivity contribution in [3.63, 3.8) is 0 Å². The van der Waals surface area contributed by atoms with Crippen molar-refractivity contribution >= 4 is 0 Å². The predicted octanol–water partition coefficient (Wildman–Crippen LogP) is 2.31. The molecule has 0 aromatic rings. The lowest BCUT2D eigenvalue weighted by molar-refractivity contribution is -0.154. The third-order valence-electron chi connectivity index (χ3n) is 3.72. The van der Waals surface area contributed by atoms with Gasteiger partial charge in [-0.25, -0.2) is 0 Å². The number of nitrogens with one attached hydrogen (secondary N) is 1. The highest BCUT2D eigenvalue weighted by molar-refractivity contribution is 4.78. The highest BCUT2D eigenvalue weighted by Crippen LogP contribution is 2.29. The van der Waals surface area contributed by atoms with E-state index in [2.05, 4.69) is 19.2 Å². The van der Waals surface area contributed by atoms with Gasteiger partial charge < -0.3 is 14.8 Å². The van der Waals surface area contributed by atoms with E-state index in [9.17, 15) is 0 Å². The topological polar surface area (TPSA) is 30.5 Å². The fraction of sp³-hybridized carbons (Fsp3) is 1.00. The van der Waals surface area contributed by atoms with Gasteiger partial charge in [0.25, 0.3) is 0 Å². The first-order chi connectivity index (χ1) is 7.68. The monoisotopic (exact) mass is 227 g/mol. The van der Waals surface area contributed by atoms with E-state index in [1.54, 1.807) is 0 Å². The van der Waals surface area contributed by atoms with Crippen LogP contribution in [0.1, 0.15) is 46.0 Å². The second kappa shape index (κ2) is 5.48. The van der Waals surface area contributed by atoms with Crippen LogP contribution >= 0.6 is 0 Å². The molecule has 2 saturated heterocycles. The van der Waals surface area contributed by atoms with E-state index in [0.717, 1.165) is 19.6 Å². The minimum Gasteiger partial charge on any atom is -0.348 e. The van der Waals surface area contributed by atoms with Crippen molar-refractivity contribution in [1.82, 2.24) is 5.32 Å². The Hall–Kier alpha value is -0.120. The van der Waals surface area contributed by atoms with Crippen LogP contribution in [0.15, 0.2) is 0 Å². The van der Waals surface area contributed by atoms with Gasteiger partial charge >= 0.3 is 0 Å². The van der Waals surface area contributed by atoms with Gasteiger partial charge in [0.15, 0.2) is 5.79 Å². The maximum atomic E-state index is 5.66. The van der Waals surface area contributed by atoms with Gasteiger partial charge in [-0.15, -0.1) is 0 Å². The average Bonchev–Trinajstić information content (AvgIpc) is 2.66. The second-order valence-corrected chi connectivity index (χ2v) is 5.52. The molecule has 2 heterocycles. The molecule has 2 aliphatic heterocycles. The standard InChI is InChI=1S/C13H25NO2/c1-11(9-12-5-3-4-6-14-12)10-13(2)15-7-8-16-13/h11-12,14H,3-10H2,1-2H3/t11-,12+/m0/s1. The van der Waals surface area contributed by atoms with E-state index in [-0.39, 0.29) is 5.79 Å². The Morgan fingerprint density at radius 1 is 1.31 bits per heavy atom. The molecule has 0 saturated carbocycles. The van der Waals surface area contributed by atoms with Gasteiger partial charge in [-0.05, 0) is 38.6 Å². The smallest absolute Gasteiger partial charge is 0.165 e. The number of hydrogen-bond donors (Lipinski definition) is 1. The van der Waals surface area contributed by atoms with Crippen LogP contribution in [0.4, 0.5) is 0 Å². The summed E-state index contributed by atoms with van der Waals surface area (Å²) in [5.74, 6) is 0.354. The Labute approximate surface area is 98.9 Å². The SMILES string of the molecule is C[C@@H](C[C@H]1CCCCN1)CC1(C)OCCO1. The summed E-state index contributed by atoms with van der Waals surface area (Å²) in [6.45, 7) is 7.09. The van der Waals surface area contributed by atoms with Gasteiger partial charge in [0.2, 0.25) is 0 Å². The molecule has 2 aliphatic rings.